The Bertz CT molecular complexity index is 1280. The minimum Gasteiger partial charge on any atom is -0.355 e. The van der Waals surface area contributed by atoms with Gasteiger partial charge in [0.05, 0.1) is 18.4 Å². The lowest BCUT2D eigenvalue weighted by Gasteiger charge is -2.34. The molecule has 5 rings (SSSR count). The van der Waals surface area contributed by atoms with Crippen LogP contribution in [-0.4, -0.2) is 17.7 Å². The third kappa shape index (κ3) is 3.91. The first-order valence-corrected chi connectivity index (χ1v) is 11.0. The van der Waals surface area contributed by atoms with Crippen LogP contribution >= 0.6 is 0 Å². The molecule has 1 heterocycles. The highest BCUT2D eigenvalue weighted by Gasteiger charge is 2.28. The van der Waals surface area contributed by atoms with Crippen LogP contribution < -0.4 is 5.01 Å². The lowest BCUT2D eigenvalue weighted by atomic mass is 9.79. The molecule has 3 nitrogen and oxygen atoms in total. The molecule has 0 radical (unpaired) electrons. The van der Waals surface area contributed by atoms with E-state index in [2.05, 4.69) is 114 Å². The summed E-state index contributed by atoms with van der Waals surface area (Å²) >= 11 is 0. The second kappa shape index (κ2) is 8.27. The highest BCUT2D eigenvalue weighted by atomic mass is 15.5. The van der Waals surface area contributed by atoms with Crippen LogP contribution in [0.2, 0.25) is 0 Å². The molecule has 3 heteroatoms. The van der Waals surface area contributed by atoms with Crippen molar-refractivity contribution in [2.24, 2.45) is 10.5 Å². The Labute approximate surface area is 183 Å². The molecule has 3 aromatic carbocycles. The number of hydrogen-bond acceptors (Lipinski definition) is 2. The zero-order valence-electron chi connectivity index (χ0n) is 17.8. The normalized spacial score (nSPS) is 18.4. The van der Waals surface area contributed by atoms with Crippen molar-refractivity contribution in [1.82, 2.24) is 4.98 Å². The Balaban J connectivity index is 1.49. The van der Waals surface area contributed by atoms with Crippen molar-refractivity contribution in [3.8, 4) is 0 Å². The number of hydrogen-bond donors (Lipinski definition) is 1. The van der Waals surface area contributed by atoms with Crippen LogP contribution in [0.4, 0.5) is 5.69 Å². The molecule has 1 unspecified atom stereocenters. The number of nitrogens with zero attached hydrogens (tertiary/aromatic N) is 2. The van der Waals surface area contributed by atoms with Gasteiger partial charge in [-0.15, -0.1) is 0 Å². The van der Waals surface area contributed by atoms with Gasteiger partial charge in [0, 0.05) is 27.2 Å². The molecule has 0 spiro atoms. The summed E-state index contributed by atoms with van der Waals surface area (Å²) in [4.78, 5) is 3.49. The summed E-state index contributed by atoms with van der Waals surface area (Å²) < 4.78 is 0. The van der Waals surface area contributed by atoms with E-state index in [1.54, 1.807) is 0 Å². The number of aromatic amines is 1. The molecule has 0 amide bonds. The molecule has 0 saturated carbocycles. The maximum absolute atomic E-state index is 4.96. The Morgan fingerprint density at radius 2 is 1.74 bits per heavy atom. The van der Waals surface area contributed by atoms with Gasteiger partial charge in [0.25, 0.3) is 0 Å². The topological polar surface area (TPSA) is 31.4 Å². The molecule has 1 N–H and O–H groups in total. The number of benzene rings is 3. The molecule has 4 aromatic rings. The Morgan fingerprint density at radius 3 is 2.55 bits per heavy atom. The maximum Gasteiger partial charge on any atom is 0.0594 e. The monoisotopic (exact) mass is 405 g/mol. The predicted molar refractivity (Wildman–Crippen MR) is 133 cm³/mol. The van der Waals surface area contributed by atoms with Crippen molar-refractivity contribution in [2.75, 3.05) is 11.6 Å². The Kier molecular flexibility index (Phi) is 5.17. The van der Waals surface area contributed by atoms with Crippen LogP contribution in [0.1, 0.15) is 25.3 Å². The average molecular weight is 406 g/mol. The number of allylic oxidation sites excluding steroid dienone is 3. The van der Waals surface area contributed by atoms with Gasteiger partial charge in [-0.2, -0.15) is 5.10 Å². The van der Waals surface area contributed by atoms with Crippen LogP contribution in [0.15, 0.2) is 102 Å². The van der Waals surface area contributed by atoms with E-state index in [1.165, 1.54) is 16.3 Å². The van der Waals surface area contributed by atoms with E-state index >= 15 is 0 Å². The van der Waals surface area contributed by atoms with Gasteiger partial charge < -0.3 is 4.98 Å². The summed E-state index contributed by atoms with van der Waals surface area (Å²) in [6.07, 6.45) is 13.0. The van der Waals surface area contributed by atoms with Gasteiger partial charge in [0.15, 0.2) is 0 Å². The summed E-state index contributed by atoms with van der Waals surface area (Å²) in [5.74, 6) is 0. The van der Waals surface area contributed by atoms with Gasteiger partial charge in [-0.1, -0.05) is 73.7 Å². The van der Waals surface area contributed by atoms with Crippen LogP contribution in [0.25, 0.3) is 21.8 Å². The highest BCUT2D eigenvalue weighted by Crippen LogP contribution is 2.34. The Morgan fingerprint density at radius 1 is 0.935 bits per heavy atom. The lowest BCUT2D eigenvalue weighted by Crippen LogP contribution is -2.34. The second-order valence-corrected chi connectivity index (χ2v) is 8.32. The molecule has 0 saturated heterocycles. The summed E-state index contributed by atoms with van der Waals surface area (Å²) in [6.45, 7) is 3.11. The summed E-state index contributed by atoms with van der Waals surface area (Å²) in [5, 5.41) is 9.59. The standard InChI is InChI=1S/C28H27N3/c1-2-28(17-9-4-10-18-28)21-31(23-11-5-3-6-12-23)29-20-22-15-16-27-25(19-22)24-13-7-8-14-26(24)30-27/h3-17,19-20,30H,2,18,21H2,1H3. The molecule has 0 bridgehead atoms. The number of H-pyrrole nitrogens is 1. The van der Waals surface area contributed by atoms with Crippen LogP contribution in [0, 0.1) is 5.41 Å². The number of para-hydroxylation sites is 2. The smallest absolute Gasteiger partial charge is 0.0594 e. The van der Waals surface area contributed by atoms with E-state index in [4.69, 9.17) is 5.10 Å². The molecule has 0 aliphatic heterocycles. The Hall–Kier alpha value is -3.59. The SMILES string of the molecule is CCC1(CN(N=Cc2ccc3[nH]c4ccccc4c3c2)c2ccccc2)C=CC=CC1. The average Bonchev–Trinajstić information content (AvgIpc) is 3.21. The molecule has 1 atom stereocenters. The maximum atomic E-state index is 4.96. The van der Waals surface area contributed by atoms with Gasteiger partial charge in [0.1, 0.15) is 0 Å². The van der Waals surface area contributed by atoms with Crippen LogP contribution in [0.3, 0.4) is 0 Å². The largest absolute Gasteiger partial charge is 0.355 e. The number of fused-ring (bicyclic) bond motifs is 3. The third-order valence-corrected chi connectivity index (χ3v) is 6.32. The first kappa shape index (κ1) is 19.4. The van der Waals surface area contributed by atoms with Gasteiger partial charge in [-0.3, -0.25) is 5.01 Å². The zero-order chi connectivity index (χ0) is 21.1. The second-order valence-electron chi connectivity index (χ2n) is 8.32. The van der Waals surface area contributed by atoms with Crippen molar-refractivity contribution >= 4 is 33.7 Å². The van der Waals surface area contributed by atoms with E-state index in [-0.39, 0.29) is 5.41 Å². The highest BCUT2D eigenvalue weighted by molar-refractivity contribution is 6.08. The summed E-state index contributed by atoms with van der Waals surface area (Å²) in [7, 11) is 0. The number of hydrazone groups is 1. The van der Waals surface area contributed by atoms with E-state index in [1.807, 2.05) is 6.21 Å². The number of anilines is 1. The first-order valence-electron chi connectivity index (χ1n) is 11.0. The molecule has 1 aliphatic rings. The quantitative estimate of drug-likeness (QED) is 0.270. The van der Waals surface area contributed by atoms with Crippen molar-refractivity contribution < 1.29 is 0 Å². The predicted octanol–water partition coefficient (Wildman–Crippen LogP) is 7.07. The third-order valence-electron chi connectivity index (χ3n) is 6.32. The van der Waals surface area contributed by atoms with Crippen LogP contribution in [-0.2, 0) is 0 Å². The molecular weight excluding hydrogens is 378 g/mol. The molecule has 0 fully saturated rings. The minimum atomic E-state index is 0.0999. The minimum absolute atomic E-state index is 0.0999. The van der Waals surface area contributed by atoms with Crippen molar-refractivity contribution in [3.63, 3.8) is 0 Å². The fourth-order valence-corrected chi connectivity index (χ4v) is 4.38. The molecule has 1 aromatic heterocycles. The summed E-state index contributed by atoms with van der Waals surface area (Å²) in [5.41, 5.74) is 4.63. The van der Waals surface area contributed by atoms with Gasteiger partial charge in [-0.25, -0.2) is 0 Å². The molecule has 154 valence electrons. The zero-order valence-corrected chi connectivity index (χ0v) is 17.8. The van der Waals surface area contributed by atoms with E-state index in [0.717, 1.165) is 36.2 Å². The van der Waals surface area contributed by atoms with E-state index in [9.17, 15) is 0 Å². The first-order chi connectivity index (χ1) is 15.3. The fourth-order valence-electron chi connectivity index (χ4n) is 4.38. The van der Waals surface area contributed by atoms with Crippen molar-refractivity contribution in [3.05, 3.63) is 103 Å². The molecular formula is C28H27N3. The van der Waals surface area contributed by atoms with Crippen molar-refractivity contribution in [1.29, 1.82) is 0 Å². The van der Waals surface area contributed by atoms with Crippen LogP contribution in [0.5, 0.6) is 0 Å². The van der Waals surface area contributed by atoms with E-state index < -0.39 is 0 Å². The van der Waals surface area contributed by atoms with Gasteiger partial charge in [-0.05, 0) is 48.7 Å². The molecule has 1 aliphatic carbocycles. The van der Waals surface area contributed by atoms with Gasteiger partial charge >= 0.3 is 0 Å². The van der Waals surface area contributed by atoms with Gasteiger partial charge in [0.2, 0.25) is 0 Å². The number of aromatic nitrogens is 1. The lowest BCUT2D eigenvalue weighted by molar-refractivity contribution is 0.369. The fraction of sp³-hybridized carbons (Fsp3) is 0.179. The number of nitrogens with one attached hydrogen (secondary N) is 1. The van der Waals surface area contributed by atoms with E-state index in [0.29, 0.717) is 0 Å². The van der Waals surface area contributed by atoms with Crippen molar-refractivity contribution in [2.45, 2.75) is 19.8 Å². The summed E-state index contributed by atoms with van der Waals surface area (Å²) in [6, 6.07) is 25.4. The molecule has 31 heavy (non-hydrogen) atoms. The number of rotatable bonds is 6.